The molecule has 1 aliphatic rings. The number of carboxylic acids is 1. The Bertz CT molecular complexity index is 865. The van der Waals surface area contributed by atoms with E-state index in [1.165, 1.54) is 0 Å². The quantitative estimate of drug-likeness (QED) is 0.742. The van der Waals surface area contributed by atoms with Gasteiger partial charge in [0.15, 0.2) is 9.34 Å². The van der Waals surface area contributed by atoms with E-state index in [9.17, 15) is 18.3 Å². The summed E-state index contributed by atoms with van der Waals surface area (Å²) in [5, 5.41) is 9.76. The minimum absolute atomic E-state index is 0.0991. The molecule has 1 heterocycles. The van der Waals surface area contributed by atoms with E-state index < -0.39 is 26.9 Å². The summed E-state index contributed by atoms with van der Waals surface area (Å²) in [7, 11) is -4.01. The van der Waals surface area contributed by atoms with Crippen molar-refractivity contribution >= 4 is 32.5 Å². The van der Waals surface area contributed by atoms with Gasteiger partial charge in [-0.05, 0) is 12.0 Å². The number of benzene rings is 1. The number of carbonyl (C=O) groups is 1. The van der Waals surface area contributed by atoms with Crippen molar-refractivity contribution in [3.63, 3.8) is 0 Å². The van der Waals surface area contributed by atoms with Crippen LogP contribution in [-0.4, -0.2) is 30.0 Å². The zero-order chi connectivity index (χ0) is 16.9. The van der Waals surface area contributed by atoms with Gasteiger partial charge in [0.05, 0.1) is 6.20 Å². The van der Waals surface area contributed by atoms with Crippen molar-refractivity contribution in [3.05, 3.63) is 42.1 Å². The van der Waals surface area contributed by atoms with Crippen LogP contribution >= 0.6 is 11.3 Å². The minimum atomic E-state index is -4.01. The van der Waals surface area contributed by atoms with Crippen LogP contribution in [0, 0.1) is 0 Å². The summed E-state index contributed by atoms with van der Waals surface area (Å²) in [5.74, 6) is -1.20. The molecule has 7 nitrogen and oxygen atoms in total. The van der Waals surface area contributed by atoms with Crippen molar-refractivity contribution < 1.29 is 18.3 Å². The number of thiazole rings is 1. The fourth-order valence-electron chi connectivity index (χ4n) is 2.82. The zero-order valence-corrected chi connectivity index (χ0v) is 13.8. The monoisotopic (exact) mass is 353 g/mol. The molecule has 1 saturated carbocycles. The number of hydrogen-bond donors (Lipinski definition) is 3. The lowest BCUT2D eigenvalue weighted by Crippen LogP contribution is -2.47. The molecule has 0 radical (unpaired) electrons. The molecule has 1 aromatic heterocycles. The number of hydrogen-bond acceptors (Lipinski definition) is 6. The van der Waals surface area contributed by atoms with E-state index in [4.69, 9.17) is 5.73 Å². The third-order valence-corrected chi connectivity index (χ3v) is 7.07. The molecular weight excluding hydrogens is 338 g/mol. The first-order valence-corrected chi connectivity index (χ1v) is 9.05. The summed E-state index contributed by atoms with van der Waals surface area (Å²) in [5.41, 5.74) is 3.84. The first kappa shape index (κ1) is 15.9. The van der Waals surface area contributed by atoms with Gasteiger partial charge in [0.2, 0.25) is 0 Å². The fraction of sp³-hybridized carbons (Fsp3) is 0.286. The smallest absolute Gasteiger partial charge is 0.325 e. The van der Waals surface area contributed by atoms with Crippen LogP contribution < -0.4 is 10.5 Å². The van der Waals surface area contributed by atoms with Gasteiger partial charge in [0, 0.05) is 5.41 Å². The average Bonchev–Trinajstić information content (AvgIpc) is 2.87. The van der Waals surface area contributed by atoms with Crippen LogP contribution in [0.5, 0.6) is 0 Å². The Morgan fingerprint density at radius 3 is 2.57 bits per heavy atom. The Hall–Kier alpha value is -1.97. The maximum absolute atomic E-state index is 12.5. The van der Waals surface area contributed by atoms with Gasteiger partial charge in [-0.3, -0.25) is 4.79 Å². The molecule has 0 amide bonds. The Kier molecular flexibility index (Phi) is 3.47. The van der Waals surface area contributed by atoms with Crippen molar-refractivity contribution in [3.8, 4) is 0 Å². The van der Waals surface area contributed by atoms with E-state index in [-0.39, 0.29) is 15.8 Å². The van der Waals surface area contributed by atoms with Gasteiger partial charge in [-0.2, -0.15) is 4.72 Å². The van der Waals surface area contributed by atoms with E-state index in [0.29, 0.717) is 0 Å². The molecule has 1 aliphatic carbocycles. The normalized spacial score (nSPS) is 26.8. The largest absolute Gasteiger partial charge is 0.480 e. The number of anilines is 1. The molecule has 1 fully saturated rings. The lowest BCUT2D eigenvalue weighted by Gasteiger charge is -2.20. The summed E-state index contributed by atoms with van der Waals surface area (Å²) in [4.78, 5) is 15.5. The molecule has 2 atom stereocenters. The van der Waals surface area contributed by atoms with Gasteiger partial charge < -0.3 is 10.8 Å². The maximum Gasteiger partial charge on any atom is 0.325 e. The van der Waals surface area contributed by atoms with E-state index >= 15 is 0 Å². The van der Waals surface area contributed by atoms with Crippen LogP contribution in [0.2, 0.25) is 0 Å². The van der Waals surface area contributed by atoms with Gasteiger partial charge in [-0.15, -0.1) is 0 Å². The van der Waals surface area contributed by atoms with Crippen LogP contribution in [0.4, 0.5) is 5.13 Å². The Morgan fingerprint density at radius 1 is 1.39 bits per heavy atom. The molecule has 23 heavy (non-hydrogen) atoms. The average molecular weight is 353 g/mol. The number of nitrogens with one attached hydrogen (secondary N) is 1. The Labute approximate surface area is 137 Å². The lowest BCUT2D eigenvalue weighted by molar-refractivity contribution is -0.140. The van der Waals surface area contributed by atoms with Crippen LogP contribution in [0.25, 0.3) is 0 Å². The van der Waals surface area contributed by atoms with Gasteiger partial charge in [0.1, 0.15) is 5.54 Å². The van der Waals surface area contributed by atoms with Gasteiger partial charge in [-0.25, -0.2) is 13.4 Å². The Morgan fingerprint density at radius 2 is 2.04 bits per heavy atom. The number of nitrogens with zero attached hydrogens (tertiary/aromatic N) is 1. The number of aliphatic carboxylic acids is 1. The summed E-state index contributed by atoms with van der Waals surface area (Å²) in [6, 6.07) is 9.00. The highest BCUT2D eigenvalue weighted by molar-refractivity contribution is 7.91. The number of sulfonamides is 1. The Balaban J connectivity index is 1.98. The molecule has 9 heteroatoms. The second-order valence-electron chi connectivity index (χ2n) is 5.71. The number of nitrogens with two attached hydrogens (primary N) is 1. The summed E-state index contributed by atoms with van der Waals surface area (Å²) in [6.45, 7) is 1.74. The number of nitrogen functional groups attached to an aromatic ring is 1. The third kappa shape index (κ3) is 2.41. The maximum atomic E-state index is 12.5. The van der Waals surface area contributed by atoms with E-state index in [1.807, 2.05) is 6.07 Å². The van der Waals surface area contributed by atoms with E-state index in [0.717, 1.165) is 23.1 Å². The zero-order valence-electron chi connectivity index (χ0n) is 12.2. The second-order valence-corrected chi connectivity index (χ2v) is 8.68. The first-order chi connectivity index (χ1) is 10.7. The van der Waals surface area contributed by atoms with E-state index in [2.05, 4.69) is 9.71 Å². The third-order valence-electron chi connectivity index (χ3n) is 4.29. The molecule has 122 valence electrons. The molecule has 0 saturated heterocycles. The molecule has 0 unspecified atom stereocenters. The fourth-order valence-corrected chi connectivity index (χ4v) is 5.19. The lowest BCUT2D eigenvalue weighted by atomic mass is 9.93. The number of carboxylic acid groups (broad SMARTS) is 1. The second kappa shape index (κ2) is 5.02. The topological polar surface area (TPSA) is 122 Å². The molecule has 0 bridgehead atoms. The van der Waals surface area contributed by atoms with Crippen molar-refractivity contribution in [2.75, 3.05) is 5.73 Å². The van der Waals surface area contributed by atoms with Gasteiger partial charge in [0.25, 0.3) is 10.0 Å². The molecule has 3 rings (SSSR count). The van der Waals surface area contributed by atoms with Crippen LogP contribution in [0.3, 0.4) is 0 Å². The summed E-state index contributed by atoms with van der Waals surface area (Å²) < 4.78 is 27.2. The number of rotatable bonds is 5. The van der Waals surface area contributed by atoms with Crippen molar-refractivity contribution in [1.82, 2.24) is 9.71 Å². The summed E-state index contributed by atoms with van der Waals surface area (Å²) >= 11 is 0.794. The molecule has 2 aromatic rings. The predicted octanol–water partition coefficient (Wildman–Crippen LogP) is 1.19. The van der Waals surface area contributed by atoms with Crippen molar-refractivity contribution in [2.24, 2.45) is 0 Å². The minimum Gasteiger partial charge on any atom is -0.480 e. The van der Waals surface area contributed by atoms with Crippen LogP contribution in [-0.2, 0) is 20.2 Å². The number of aromatic nitrogens is 1. The highest BCUT2D eigenvalue weighted by atomic mass is 32.2. The molecule has 4 N–H and O–H groups in total. The standard InChI is InChI=1S/C14H15N3O4S2/c1-13(9-5-3-2-4-6-9)8-14(13,11(18)19)17-23(20,21)10-7-16-12(15)22-10/h2-7,17H,8H2,1H3,(H2,15,16)(H,18,19)/t13-,14-/m1/s1. The van der Waals surface area contributed by atoms with Crippen LogP contribution in [0.15, 0.2) is 40.7 Å². The van der Waals surface area contributed by atoms with Crippen LogP contribution in [0.1, 0.15) is 18.9 Å². The highest BCUT2D eigenvalue weighted by Crippen LogP contribution is 2.58. The predicted molar refractivity (Wildman–Crippen MR) is 85.6 cm³/mol. The van der Waals surface area contributed by atoms with E-state index in [1.54, 1.807) is 31.2 Å². The summed E-state index contributed by atoms with van der Waals surface area (Å²) in [6.07, 6.45) is 1.30. The van der Waals surface area contributed by atoms with Crippen molar-refractivity contribution in [2.45, 2.75) is 28.5 Å². The van der Waals surface area contributed by atoms with Gasteiger partial charge >= 0.3 is 5.97 Å². The molecule has 1 aromatic carbocycles. The van der Waals surface area contributed by atoms with Gasteiger partial charge in [-0.1, -0.05) is 48.6 Å². The molecular formula is C14H15N3O4S2. The SMILES string of the molecule is C[C@]1(c2ccccc2)C[C@@]1(NS(=O)(=O)c1cnc(N)s1)C(=O)O. The van der Waals surface area contributed by atoms with Crippen molar-refractivity contribution in [1.29, 1.82) is 0 Å². The molecule has 0 spiro atoms. The highest BCUT2D eigenvalue weighted by Gasteiger charge is 2.72. The molecule has 0 aliphatic heterocycles. The first-order valence-electron chi connectivity index (χ1n) is 6.75.